The zero-order valence-corrected chi connectivity index (χ0v) is 12.3. The van der Waals surface area contributed by atoms with Gasteiger partial charge in [0.15, 0.2) is 0 Å². The van der Waals surface area contributed by atoms with Crippen LogP contribution in [0.25, 0.3) is 0 Å². The second-order valence-electron chi connectivity index (χ2n) is 4.86. The largest absolute Gasteiger partial charge is 0.417 e. The molecule has 0 spiro atoms. The van der Waals surface area contributed by atoms with E-state index in [1.165, 1.54) is 12.1 Å². The molecule has 0 aromatic heterocycles. The van der Waals surface area contributed by atoms with Crippen molar-refractivity contribution in [2.75, 3.05) is 0 Å². The Balaban J connectivity index is 2.00. The Morgan fingerprint density at radius 1 is 1.05 bits per heavy atom. The Morgan fingerprint density at radius 3 is 2.36 bits per heavy atom. The normalized spacial score (nSPS) is 13.1. The van der Waals surface area contributed by atoms with Crippen LogP contribution in [0.15, 0.2) is 48.5 Å². The Labute approximate surface area is 131 Å². The summed E-state index contributed by atoms with van der Waals surface area (Å²) in [5.74, 6) is 0. The summed E-state index contributed by atoms with van der Waals surface area (Å²) < 4.78 is 38.3. The molecule has 1 atom stereocenters. The van der Waals surface area contributed by atoms with E-state index in [4.69, 9.17) is 11.6 Å². The lowest BCUT2D eigenvalue weighted by atomic mass is 10.1. The van der Waals surface area contributed by atoms with Crippen LogP contribution in [0.4, 0.5) is 13.2 Å². The van der Waals surface area contributed by atoms with E-state index in [1.54, 1.807) is 0 Å². The number of halogens is 4. The molecular formula is C16H15ClF3NO. The van der Waals surface area contributed by atoms with Crippen molar-refractivity contribution in [3.63, 3.8) is 0 Å². The first-order valence-electron chi connectivity index (χ1n) is 6.68. The maximum atomic E-state index is 12.8. The lowest BCUT2D eigenvalue weighted by Crippen LogP contribution is -2.30. The van der Waals surface area contributed by atoms with Crippen molar-refractivity contribution in [2.45, 2.75) is 25.4 Å². The molecule has 2 rings (SSSR count). The quantitative estimate of drug-likeness (QED) is 0.812. The van der Waals surface area contributed by atoms with Gasteiger partial charge in [-0.05, 0) is 17.2 Å². The van der Waals surface area contributed by atoms with Crippen molar-refractivity contribution < 1.29 is 18.3 Å². The predicted octanol–water partition coefficient (Wildman–Crippen LogP) is 4.01. The molecule has 2 aromatic rings. The first-order chi connectivity index (χ1) is 10.4. The van der Waals surface area contributed by atoms with Gasteiger partial charge in [-0.25, -0.2) is 0 Å². The van der Waals surface area contributed by atoms with Gasteiger partial charge < -0.3 is 5.11 Å². The van der Waals surface area contributed by atoms with Crippen LogP contribution in [-0.4, -0.2) is 11.3 Å². The summed E-state index contributed by atoms with van der Waals surface area (Å²) in [4.78, 5) is 0. The fourth-order valence-corrected chi connectivity index (χ4v) is 2.37. The van der Waals surface area contributed by atoms with Crippen molar-refractivity contribution in [1.29, 1.82) is 0 Å². The van der Waals surface area contributed by atoms with E-state index < -0.39 is 18.0 Å². The number of alkyl halides is 3. The number of hydrogen-bond acceptors (Lipinski definition) is 2. The molecule has 6 heteroatoms. The molecule has 2 nitrogen and oxygen atoms in total. The fraction of sp³-hybridized carbons (Fsp3) is 0.250. The van der Waals surface area contributed by atoms with E-state index >= 15 is 0 Å². The third-order valence-electron chi connectivity index (χ3n) is 3.18. The summed E-state index contributed by atoms with van der Waals surface area (Å²) >= 11 is 5.80. The Hall–Kier alpha value is -1.56. The average Bonchev–Trinajstić information content (AvgIpc) is 2.46. The number of rotatable bonds is 5. The summed E-state index contributed by atoms with van der Waals surface area (Å²) in [7, 11) is 0. The zero-order valence-electron chi connectivity index (χ0n) is 11.6. The third kappa shape index (κ3) is 4.47. The van der Waals surface area contributed by atoms with E-state index in [-0.39, 0.29) is 11.6 Å². The molecule has 0 aliphatic carbocycles. The predicted molar refractivity (Wildman–Crippen MR) is 79.4 cm³/mol. The molecule has 0 saturated heterocycles. The highest BCUT2D eigenvalue weighted by Crippen LogP contribution is 2.36. The molecule has 0 fully saturated rings. The summed E-state index contributed by atoms with van der Waals surface area (Å²) in [5, 5.41) is 12.3. The van der Waals surface area contributed by atoms with Crippen LogP contribution in [0.5, 0.6) is 0 Å². The molecule has 22 heavy (non-hydrogen) atoms. The summed E-state index contributed by atoms with van der Waals surface area (Å²) in [6.45, 7) is 0.0523. The first kappa shape index (κ1) is 16.8. The van der Waals surface area contributed by atoms with Crippen LogP contribution in [0.1, 0.15) is 16.7 Å². The van der Waals surface area contributed by atoms with Gasteiger partial charge in [0.05, 0.1) is 10.6 Å². The molecule has 0 saturated carbocycles. The van der Waals surface area contributed by atoms with Gasteiger partial charge in [-0.3, -0.25) is 5.32 Å². The maximum absolute atomic E-state index is 12.8. The second kappa shape index (κ2) is 7.13. The lowest BCUT2D eigenvalue weighted by Gasteiger charge is -2.16. The molecule has 2 N–H and O–H groups in total. The molecule has 0 amide bonds. The van der Waals surface area contributed by atoms with E-state index in [0.29, 0.717) is 12.0 Å². The van der Waals surface area contributed by atoms with Crippen LogP contribution in [-0.2, 0) is 19.1 Å². The van der Waals surface area contributed by atoms with E-state index in [9.17, 15) is 18.3 Å². The van der Waals surface area contributed by atoms with Crippen LogP contribution in [0, 0.1) is 0 Å². The highest BCUT2D eigenvalue weighted by Gasteiger charge is 2.33. The zero-order chi connectivity index (χ0) is 16.2. The minimum Gasteiger partial charge on any atom is -0.378 e. The van der Waals surface area contributed by atoms with Crippen LogP contribution < -0.4 is 5.32 Å². The molecule has 2 aromatic carbocycles. The maximum Gasteiger partial charge on any atom is 0.417 e. The Morgan fingerprint density at radius 2 is 1.73 bits per heavy atom. The minimum absolute atomic E-state index is 0.0523. The highest BCUT2D eigenvalue weighted by atomic mass is 35.5. The molecular weight excluding hydrogens is 315 g/mol. The first-order valence-corrected chi connectivity index (χ1v) is 7.05. The molecule has 0 bridgehead atoms. The fourth-order valence-electron chi connectivity index (χ4n) is 2.07. The SMILES string of the molecule is OC(Cc1ccccc1)NCc1cccc(C(F)(F)F)c1Cl. The average molecular weight is 330 g/mol. The van der Waals surface area contributed by atoms with Crippen molar-refractivity contribution in [3.8, 4) is 0 Å². The lowest BCUT2D eigenvalue weighted by molar-refractivity contribution is -0.137. The van der Waals surface area contributed by atoms with Crippen molar-refractivity contribution in [3.05, 3.63) is 70.2 Å². The standard InChI is InChI=1S/C16H15ClF3NO/c17-15-12(7-4-8-13(15)16(18,19)20)10-21-14(22)9-11-5-2-1-3-6-11/h1-8,14,21-22H,9-10H2. The second-order valence-corrected chi connectivity index (χ2v) is 5.24. The number of aliphatic hydroxyl groups excluding tert-OH is 1. The highest BCUT2D eigenvalue weighted by molar-refractivity contribution is 6.32. The van der Waals surface area contributed by atoms with Crippen molar-refractivity contribution >= 4 is 11.6 Å². The number of aliphatic hydroxyl groups is 1. The van der Waals surface area contributed by atoms with Crippen molar-refractivity contribution in [1.82, 2.24) is 5.32 Å². The van der Waals surface area contributed by atoms with Gasteiger partial charge in [-0.1, -0.05) is 54.1 Å². The van der Waals surface area contributed by atoms with Gasteiger partial charge in [-0.2, -0.15) is 13.2 Å². The number of nitrogens with one attached hydrogen (secondary N) is 1. The van der Waals surface area contributed by atoms with Gasteiger partial charge in [0.2, 0.25) is 0 Å². The van der Waals surface area contributed by atoms with Crippen LogP contribution in [0.2, 0.25) is 5.02 Å². The van der Waals surface area contributed by atoms with E-state index in [2.05, 4.69) is 5.32 Å². The Kier molecular flexibility index (Phi) is 5.45. The van der Waals surface area contributed by atoms with E-state index in [1.807, 2.05) is 30.3 Å². The van der Waals surface area contributed by atoms with Gasteiger partial charge in [0, 0.05) is 13.0 Å². The third-order valence-corrected chi connectivity index (χ3v) is 3.63. The van der Waals surface area contributed by atoms with Crippen LogP contribution in [0.3, 0.4) is 0 Å². The smallest absolute Gasteiger partial charge is 0.378 e. The molecule has 0 aliphatic heterocycles. The van der Waals surface area contributed by atoms with Gasteiger partial charge in [0.1, 0.15) is 6.23 Å². The van der Waals surface area contributed by atoms with Crippen LogP contribution >= 0.6 is 11.6 Å². The number of benzene rings is 2. The summed E-state index contributed by atoms with van der Waals surface area (Å²) in [6, 6.07) is 13.0. The molecule has 118 valence electrons. The molecule has 0 heterocycles. The molecule has 0 radical (unpaired) electrons. The monoisotopic (exact) mass is 329 g/mol. The van der Waals surface area contributed by atoms with Gasteiger partial charge >= 0.3 is 6.18 Å². The summed E-state index contributed by atoms with van der Waals surface area (Å²) in [6.07, 6.45) is -5.00. The van der Waals surface area contributed by atoms with Crippen molar-refractivity contribution in [2.24, 2.45) is 0 Å². The summed E-state index contributed by atoms with van der Waals surface area (Å²) in [5.41, 5.74) is 0.354. The molecule has 0 aliphatic rings. The topological polar surface area (TPSA) is 32.3 Å². The van der Waals surface area contributed by atoms with Gasteiger partial charge in [-0.15, -0.1) is 0 Å². The Bertz CT molecular complexity index is 617. The van der Waals surface area contributed by atoms with Gasteiger partial charge in [0.25, 0.3) is 0 Å². The molecule has 1 unspecified atom stereocenters. The number of hydrogen-bond donors (Lipinski definition) is 2. The minimum atomic E-state index is -4.49. The van der Waals surface area contributed by atoms with E-state index in [0.717, 1.165) is 11.6 Å².